The van der Waals surface area contributed by atoms with Crippen molar-refractivity contribution in [2.75, 3.05) is 0 Å². The van der Waals surface area contributed by atoms with E-state index in [2.05, 4.69) is 26.0 Å². The summed E-state index contributed by atoms with van der Waals surface area (Å²) in [4.78, 5) is 24.8. The van der Waals surface area contributed by atoms with Gasteiger partial charge in [0.2, 0.25) is 0 Å². The van der Waals surface area contributed by atoms with E-state index in [9.17, 15) is 14.9 Å². The molecule has 1 N–H and O–H groups in total. The van der Waals surface area contributed by atoms with Crippen molar-refractivity contribution in [2.24, 2.45) is 0 Å². The maximum atomic E-state index is 11.4. The van der Waals surface area contributed by atoms with Crippen molar-refractivity contribution in [1.29, 1.82) is 0 Å². The van der Waals surface area contributed by atoms with E-state index in [4.69, 9.17) is 0 Å². The number of hydrogen-bond acceptors (Lipinski definition) is 4. The molecule has 2 heterocycles. The highest BCUT2D eigenvalue weighted by molar-refractivity contribution is 9.10. The predicted octanol–water partition coefficient (Wildman–Crippen LogP) is 0.693. The van der Waals surface area contributed by atoms with Crippen LogP contribution in [0.1, 0.15) is 0 Å². The van der Waals surface area contributed by atoms with Crippen LogP contribution in [-0.4, -0.2) is 19.5 Å². The number of nitro groups is 1. The van der Waals surface area contributed by atoms with Crippen LogP contribution in [0.3, 0.4) is 0 Å². The number of H-pyrrole nitrogens is 1. The molecule has 2 rings (SSSR count). The second-order valence-corrected chi connectivity index (χ2v) is 3.34. The van der Waals surface area contributed by atoms with Gasteiger partial charge in [-0.25, -0.2) is 4.98 Å². The molecule has 0 saturated heterocycles. The highest BCUT2D eigenvalue weighted by atomic mass is 79.9. The number of fused-ring (bicyclic) bond motifs is 1. The molecule has 0 amide bonds. The Morgan fingerprint density at radius 1 is 1.64 bits per heavy atom. The van der Waals surface area contributed by atoms with Gasteiger partial charge in [-0.1, -0.05) is 0 Å². The third-order valence-corrected chi connectivity index (χ3v) is 2.26. The van der Waals surface area contributed by atoms with Crippen LogP contribution in [0, 0.1) is 10.1 Å². The first-order valence-electron chi connectivity index (χ1n) is 3.50. The molecule has 2 aromatic heterocycles. The number of halogens is 1. The van der Waals surface area contributed by atoms with Gasteiger partial charge in [0.25, 0.3) is 0 Å². The minimum atomic E-state index is -0.767. The maximum absolute atomic E-state index is 11.4. The molecule has 0 aliphatic carbocycles. The second kappa shape index (κ2) is 2.91. The standard InChI is InChI=1S/C6H3BrN4O3/c7-3-1-9-10-5(3)8-2-4(6(10)12)11(13)14/h1-2,9H. The molecule has 0 unspecified atom stereocenters. The molecule has 0 radical (unpaired) electrons. The third-order valence-electron chi connectivity index (χ3n) is 1.67. The summed E-state index contributed by atoms with van der Waals surface area (Å²) < 4.78 is 1.58. The Kier molecular flexibility index (Phi) is 1.84. The summed E-state index contributed by atoms with van der Waals surface area (Å²) in [5.74, 6) is 0. The van der Waals surface area contributed by atoms with Crippen molar-refractivity contribution in [3.8, 4) is 0 Å². The van der Waals surface area contributed by atoms with Crippen LogP contribution in [0.15, 0.2) is 21.7 Å². The fourth-order valence-corrected chi connectivity index (χ4v) is 1.43. The molecular formula is C6H3BrN4O3. The molecule has 0 aliphatic heterocycles. The average Bonchev–Trinajstić information content (AvgIpc) is 2.49. The van der Waals surface area contributed by atoms with Gasteiger partial charge in [0, 0.05) is 6.20 Å². The van der Waals surface area contributed by atoms with E-state index in [1.54, 1.807) is 0 Å². The Hall–Kier alpha value is -1.70. The lowest BCUT2D eigenvalue weighted by molar-refractivity contribution is -0.386. The lowest BCUT2D eigenvalue weighted by Gasteiger charge is -1.92. The topological polar surface area (TPSA) is 93.3 Å². The van der Waals surface area contributed by atoms with Crippen molar-refractivity contribution in [1.82, 2.24) is 14.6 Å². The van der Waals surface area contributed by atoms with Crippen molar-refractivity contribution < 1.29 is 4.92 Å². The molecule has 14 heavy (non-hydrogen) atoms. The third kappa shape index (κ3) is 1.11. The fraction of sp³-hybridized carbons (Fsp3) is 0. The van der Waals surface area contributed by atoms with E-state index >= 15 is 0 Å². The average molecular weight is 259 g/mol. The van der Waals surface area contributed by atoms with Crippen LogP contribution in [-0.2, 0) is 0 Å². The largest absolute Gasteiger partial charge is 0.354 e. The smallest absolute Gasteiger partial charge is 0.295 e. The molecule has 8 heteroatoms. The monoisotopic (exact) mass is 258 g/mol. The van der Waals surface area contributed by atoms with E-state index < -0.39 is 16.2 Å². The molecule has 7 nitrogen and oxygen atoms in total. The van der Waals surface area contributed by atoms with Crippen molar-refractivity contribution in [3.05, 3.63) is 37.3 Å². The first kappa shape index (κ1) is 8.88. The van der Waals surface area contributed by atoms with Gasteiger partial charge in [-0.05, 0) is 15.9 Å². The first-order chi connectivity index (χ1) is 6.61. The molecular weight excluding hydrogens is 256 g/mol. The summed E-state index contributed by atoms with van der Waals surface area (Å²) in [7, 11) is 0. The maximum Gasteiger partial charge on any atom is 0.354 e. The zero-order valence-corrected chi connectivity index (χ0v) is 8.19. The highest BCUT2D eigenvalue weighted by Crippen LogP contribution is 2.14. The summed E-state index contributed by atoms with van der Waals surface area (Å²) in [6.45, 7) is 0. The number of rotatable bonds is 1. The predicted molar refractivity (Wildman–Crippen MR) is 50.2 cm³/mol. The number of aromatic amines is 1. The Morgan fingerprint density at radius 2 is 2.36 bits per heavy atom. The summed E-state index contributed by atoms with van der Waals surface area (Å²) in [5.41, 5.74) is -0.969. The molecule has 0 aromatic carbocycles. The van der Waals surface area contributed by atoms with E-state index in [1.165, 1.54) is 6.20 Å². The highest BCUT2D eigenvalue weighted by Gasteiger charge is 2.16. The lowest BCUT2D eigenvalue weighted by Crippen LogP contribution is -2.18. The van der Waals surface area contributed by atoms with Crippen LogP contribution in [0.5, 0.6) is 0 Å². The molecule has 0 fully saturated rings. The zero-order valence-electron chi connectivity index (χ0n) is 6.60. The number of aromatic nitrogens is 3. The Labute approximate surface area is 84.6 Å². The van der Waals surface area contributed by atoms with E-state index in [-0.39, 0.29) is 0 Å². The van der Waals surface area contributed by atoms with Gasteiger partial charge in [-0.3, -0.25) is 20.0 Å². The number of nitrogens with one attached hydrogen (secondary N) is 1. The SMILES string of the molecule is O=c1c([N+](=O)[O-])cnc2c(Br)c[nH]n12. The first-order valence-corrected chi connectivity index (χ1v) is 4.29. The van der Waals surface area contributed by atoms with Gasteiger partial charge in [0.05, 0.1) is 9.40 Å². The van der Waals surface area contributed by atoms with Crippen molar-refractivity contribution in [2.45, 2.75) is 0 Å². The number of hydrogen-bond donors (Lipinski definition) is 1. The number of nitrogens with zero attached hydrogens (tertiary/aromatic N) is 3. The molecule has 0 spiro atoms. The molecule has 2 aromatic rings. The normalized spacial score (nSPS) is 10.6. The molecule has 72 valence electrons. The van der Waals surface area contributed by atoms with Gasteiger partial charge >= 0.3 is 11.2 Å². The Balaban J connectivity index is 2.90. The summed E-state index contributed by atoms with van der Waals surface area (Å²) in [6.07, 6.45) is 2.42. The zero-order chi connectivity index (χ0) is 10.3. The second-order valence-electron chi connectivity index (χ2n) is 2.49. The summed E-state index contributed by atoms with van der Waals surface area (Å²) in [5, 5.41) is 12.9. The van der Waals surface area contributed by atoms with Gasteiger partial charge in [0.15, 0.2) is 5.65 Å². The van der Waals surface area contributed by atoms with Crippen molar-refractivity contribution in [3.63, 3.8) is 0 Å². The van der Waals surface area contributed by atoms with Crippen LogP contribution in [0.2, 0.25) is 0 Å². The van der Waals surface area contributed by atoms with E-state index in [1.807, 2.05) is 0 Å². The van der Waals surface area contributed by atoms with Crippen LogP contribution < -0.4 is 5.56 Å². The van der Waals surface area contributed by atoms with Crippen LogP contribution >= 0.6 is 15.9 Å². The molecule has 0 saturated carbocycles. The summed E-state index contributed by atoms with van der Waals surface area (Å²) >= 11 is 3.14. The van der Waals surface area contributed by atoms with Crippen molar-refractivity contribution >= 4 is 27.3 Å². The lowest BCUT2D eigenvalue weighted by atomic mass is 10.5. The Bertz CT molecular complexity index is 572. The van der Waals surface area contributed by atoms with Crippen LogP contribution in [0.4, 0.5) is 5.69 Å². The van der Waals surface area contributed by atoms with E-state index in [0.29, 0.717) is 10.1 Å². The van der Waals surface area contributed by atoms with Crippen LogP contribution in [0.25, 0.3) is 5.65 Å². The Morgan fingerprint density at radius 3 is 3.00 bits per heavy atom. The van der Waals surface area contributed by atoms with Gasteiger partial charge in [0.1, 0.15) is 6.20 Å². The minimum Gasteiger partial charge on any atom is -0.295 e. The van der Waals surface area contributed by atoms with Gasteiger partial charge in [-0.2, -0.15) is 4.52 Å². The summed E-state index contributed by atoms with van der Waals surface area (Å²) in [6, 6.07) is 0. The van der Waals surface area contributed by atoms with E-state index in [0.717, 1.165) is 10.7 Å². The molecule has 0 atom stereocenters. The minimum absolute atomic E-state index is 0.320. The van der Waals surface area contributed by atoms with Gasteiger partial charge < -0.3 is 0 Å². The quantitative estimate of drug-likeness (QED) is 0.602. The fourth-order valence-electron chi connectivity index (χ4n) is 1.05. The molecule has 0 aliphatic rings. The van der Waals surface area contributed by atoms with Gasteiger partial charge in [-0.15, -0.1) is 0 Å². The molecule has 0 bridgehead atoms.